The lowest BCUT2D eigenvalue weighted by molar-refractivity contribution is 0.202. The van der Waals surface area contributed by atoms with Crippen molar-refractivity contribution in [3.8, 4) is 0 Å². The second-order valence-corrected chi connectivity index (χ2v) is 13.8. The van der Waals surface area contributed by atoms with Crippen LogP contribution in [0.3, 0.4) is 0 Å². The summed E-state index contributed by atoms with van der Waals surface area (Å²) in [5.41, 5.74) is 0.559. The average molecular weight is 551 g/mol. The van der Waals surface area contributed by atoms with Crippen LogP contribution in [-0.4, -0.2) is 76.3 Å². The van der Waals surface area contributed by atoms with E-state index in [-0.39, 0.29) is 25.9 Å². The number of piperidine rings is 1. The predicted molar refractivity (Wildman–Crippen MR) is 141 cm³/mol. The fraction of sp³-hybridized carbons (Fsp3) is 0.440. The maximum absolute atomic E-state index is 13.5. The van der Waals surface area contributed by atoms with Crippen LogP contribution in [0.15, 0.2) is 63.3 Å². The summed E-state index contributed by atoms with van der Waals surface area (Å²) in [5, 5.41) is 4.19. The Labute approximate surface area is 217 Å². The van der Waals surface area contributed by atoms with E-state index in [2.05, 4.69) is 15.2 Å². The van der Waals surface area contributed by atoms with Crippen molar-refractivity contribution in [3.05, 3.63) is 53.6 Å². The number of halogens is 1. The number of hydrogen-bond donors (Lipinski definition) is 2. The molecule has 0 radical (unpaired) electrons. The summed E-state index contributed by atoms with van der Waals surface area (Å²) in [4.78, 5) is 5.53. The molecule has 1 unspecified atom stereocenters. The molecule has 194 valence electrons. The van der Waals surface area contributed by atoms with Gasteiger partial charge in [-0.3, -0.25) is 0 Å². The number of nitrogens with zero attached hydrogens (tertiary/aromatic N) is 2. The third-order valence-electron chi connectivity index (χ3n) is 7.08. The third kappa shape index (κ3) is 5.20. The Balaban J connectivity index is 1.34. The van der Waals surface area contributed by atoms with Crippen LogP contribution in [0.1, 0.15) is 25.7 Å². The summed E-state index contributed by atoms with van der Waals surface area (Å²) in [6.07, 6.45) is 4.67. The van der Waals surface area contributed by atoms with Crippen LogP contribution < -0.4 is 5.32 Å². The maximum Gasteiger partial charge on any atom is 0.258 e. The number of aromatic nitrogens is 1. The minimum atomic E-state index is -3.85. The number of fused-ring (bicyclic) bond motifs is 1. The molecule has 2 N–H and O–H groups in total. The van der Waals surface area contributed by atoms with Gasteiger partial charge < -0.3 is 15.2 Å². The smallest absolute Gasteiger partial charge is 0.258 e. The maximum atomic E-state index is 13.5. The van der Waals surface area contributed by atoms with Crippen LogP contribution in [0.5, 0.6) is 0 Å². The number of sulfone groups is 1. The van der Waals surface area contributed by atoms with E-state index in [1.54, 1.807) is 18.2 Å². The first-order valence-electron chi connectivity index (χ1n) is 12.3. The molecule has 0 amide bonds. The summed E-state index contributed by atoms with van der Waals surface area (Å²) in [6, 6.07) is 12.4. The van der Waals surface area contributed by atoms with Crippen molar-refractivity contribution in [1.29, 1.82) is 0 Å². The lowest BCUT2D eigenvalue weighted by Crippen LogP contribution is -2.53. The minimum absolute atomic E-state index is 0.0193. The Hall–Kier alpha value is -1.95. The van der Waals surface area contributed by atoms with Crippen molar-refractivity contribution in [1.82, 2.24) is 19.5 Å². The van der Waals surface area contributed by atoms with Gasteiger partial charge in [0.15, 0.2) is 0 Å². The molecule has 2 saturated heterocycles. The van der Waals surface area contributed by atoms with Crippen molar-refractivity contribution in [2.45, 2.75) is 46.5 Å². The molecule has 1 aromatic heterocycles. The van der Waals surface area contributed by atoms with Gasteiger partial charge in [-0.05, 0) is 75.3 Å². The Morgan fingerprint density at radius 3 is 2.50 bits per heavy atom. The van der Waals surface area contributed by atoms with Crippen LogP contribution in [0.2, 0.25) is 5.02 Å². The SMILES string of the molecule is O=S(=O)(c1ccc2[nH]c(S(=O)(=O)N3CCNC(CCN4CCCCC4)C3)cc2c1)c1ccccc1Cl. The molecular formula is C25H31ClN4O4S2. The molecule has 36 heavy (non-hydrogen) atoms. The van der Waals surface area contributed by atoms with E-state index in [0.29, 0.717) is 30.5 Å². The quantitative estimate of drug-likeness (QED) is 0.467. The number of likely N-dealkylation sites (tertiary alicyclic amines) is 1. The molecule has 2 aromatic carbocycles. The molecule has 2 aliphatic heterocycles. The van der Waals surface area contributed by atoms with Gasteiger partial charge in [0.1, 0.15) is 5.03 Å². The number of sulfonamides is 1. The largest absolute Gasteiger partial charge is 0.345 e. The normalized spacial score (nSPS) is 20.6. The average Bonchev–Trinajstić information content (AvgIpc) is 3.33. The fourth-order valence-electron chi connectivity index (χ4n) is 5.05. The number of rotatable bonds is 7. The lowest BCUT2D eigenvalue weighted by Gasteiger charge is -2.34. The van der Waals surface area contributed by atoms with Crippen LogP contribution in [-0.2, 0) is 19.9 Å². The van der Waals surface area contributed by atoms with Crippen molar-refractivity contribution in [2.24, 2.45) is 0 Å². The monoisotopic (exact) mass is 550 g/mol. The number of benzene rings is 2. The van der Waals surface area contributed by atoms with Crippen molar-refractivity contribution >= 4 is 42.4 Å². The van der Waals surface area contributed by atoms with Gasteiger partial charge in [-0.25, -0.2) is 16.8 Å². The zero-order chi connectivity index (χ0) is 25.3. The number of H-pyrrole nitrogens is 1. The Bertz CT molecular complexity index is 1450. The first-order chi connectivity index (χ1) is 17.2. The Morgan fingerprint density at radius 2 is 1.72 bits per heavy atom. The van der Waals surface area contributed by atoms with Gasteiger partial charge in [0.2, 0.25) is 9.84 Å². The van der Waals surface area contributed by atoms with Crippen LogP contribution in [0.25, 0.3) is 10.9 Å². The molecule has 0 spiro atoms. The van der Waals surface area contributed by atoms with Gasteiger partial charge in [-0.15, -0.1) is 0 Å². The second kappa shape index (κ2) is 10.4. The molecule has 3 heterocycles. The standard InChI is InChI=1S/C25H31ClN4O4S2/c26-22-6-2-3-7-24(22)35(31,32)21-8-9-23-19(16-21)17-25(28-23)36(33,34)30-15-11-27-20(18-30)10-14-29-12-4-1-5-13-29/h2-3,6-9,16-17,20,27-28H,1,4-5,10-15,18H2. The highest BCUT2D eigenvalue weighted by Gasteiger charge is 2.32. The molecule has 11 heteroatoms. The van der Waals surface area contributed by atoms with Gasteiger partial charge in [0.05, 0.1) is 14.8 Å². The fourth-order valence-corrected chi connectivity index (χ4v) is 8.35. The minimum Gasteiger partial charge on any atom is -0.345 e. The van der Waals surface area contributed by atoms with Crippen LogP contribution in [0, 0.1) is 0 Å². The third-order valence-corrected chi connectivity index (χ3v) is 11.1. The topological polar surface area (TPSA) is 103 Å². The summed E-state index contributed by atoms with van der Waals surface area (Å²) in [5.74, 6) is 0. The highest BCUT2D eigenvalue weighted by molar-refractivity contribution is 7.91. The van der Waals surface area contributed by atoms with E-state index >= 15 is 0 Å². The van der Waals surface area contributed by atoms with Gasteiger partial charge in [-0.1, -0.05) is 30.2 Å². The molecule has 0 bridgehead atoms. The van der Waals surface area contributed by atoms with Gasteiger partial charge in [0.25, 0.3) is 10.0 Å². The van der Waals surface area contributed by atoms with Gasteiger partial charge >= 0.3 is 0 Å². The summed E-state index contributed by atoms with van der Waals surface area (Å²) in [6.45, 7) is 4.63. The highest BCUT2D eigenvalue weighted by Crippen LogP contribution is 2.30. The summed E-state index contributed by atoms with van der Waals surface area (Å²) >= 11 is 6.13. The van der Waals surface area contributed by atoms with E-state index < -0.39 is 19.9 Å². The molecule has 0 aliphatic carbocycles. The molecule has 2 aliphatic rings. The van der Waals surface area contributed by atoms with Crippen LogP contribution >= 0.6 is 11.6 Å². The van der Waals surface area contributed by atoms with Crippen molar-refractivity contribution in [3.63, 3.8) is 0 Å². The number of hydrogen-bond acceptors (Lipinski definition) is 6. The molecule has 0 saturated carbocycles. The van der Waals surface area contributed by atoms with Gasteiger partial charge in [-0.2, -0.15) is 4.31 Å². The van der Waals surface area contributed by atoms with E-state index in [1.165, 1.54) is 53.9 Å². The van der Waals surface area contributed by atoms with Crippen molar-refractivity contribution < 1.29 is 16.8 Å². The molecule has 5 rings (SSSR count). The van der Waals surface area contributed by atoms with Crippen molar-refractivity contribution in [2.75, 3.05) is 39.3 Å². The summed E-state index contributed by atoms with van der Waals surface area (Å²) in [7, 11) is -7.60. The molecule has 3 aromatic rings. The zero-order valence-corrected chi connectivity index (χ0v) is 22.4. The molecular weight excluding hydrogens is 520 g/mol. The zero-order valence-electron chi connectivity index (χ0n) is 20.0. The lowest BCUT2D eigenvalue weighted by atomic mass is 10.1. The summed E-state index contributed by atoms with van der Waals surface area (Å²) < 4.78 is 54.7. The Kier molecular flexibility index (Phi) is 7.44. The van der Waals surface area contributed by atoms with E-state index in [4.69, 9.17) is 11.6 Å². The highest BCUT2D eigenvalue weighted by atomic mass is 35.5. The van der Waals surface area contributed by atoms with E-state index in [0.717, 1.165) is 26.1 Å². The molecule has 2 fully saturated rings. The second-order valence-electron chi connectivity index (χ2n) is 9.52. The Morgan fingerprint density at radius 1 is 0.944 bits per heavy atom. The first kappa shape index (κ1) is 25.7. The molecule has 1 atom stereocenters. The predicted octanol–water partition coefficient (Wildman–Crippen LogP) is 3.49. The first-order valence-corrected chi connectivity index (χ1v) is 15.6. The number of piperazine rings is 1. The van der Waals surface area contributed by atoms with E-state index in [1.807, 2.05) is 0 Å². The van der Waals surface area contributed by atoms with E-state index in [9.17, 15) is 16.8 Å². The molecule has 8 nitrogen and oxygen atoms in total. The number of nitrogens with one attached hydrogen (secondary N) is 2. The van der Waals surface area contributed by atoms with Crippen LogP contribution in [0.4, 0.5) is 0 Å². The number of aromatic amines is 1. The van der Waals surface area contributed by atoms with Gasteiger partial charge in [0, 0.05) is 36.6 Å².